The number of benzene rings is 1. The van der Waals surface area contributed by atoms with Gasteiger partial charge in [-0.25, -0.2) is 4.79 Å². The van der Waals surface area contributed by atoms with Gasteiger partial charge in [0.2, 0.25) is 0 Å². The lowest BCUT2D eigenvalue weighted by Gasteiger charge is -2.02. The molecule has 0 atom stereocenters. The fourth-order valence-corrected chi connectivity index (χ4v) is 1.17. The van der Waals surface area contributed by atoms with Gasteiger partial charge in [0.1, 0.15) is 11.5 Å². The maximum atomic E-state index is 11.1. The van der Waals surface area contributed by atoms with Crippen molar-refractivity contribution in [3.63, 3.8) is 0 Å². The summed E-state index contributed by atoms with van der Waals surface area (Å²) in [6, 6.07) is 4.72. The fourth-order valence-electron chi connectivity index (χ4n) is 1.17. The average Bonchev–Trinajstić information content (AvgIpc) is 2.26. The number of carbonyl (C=O) groups is 1. The molecule has 0 amide bonds. The molecule has 0 spiro atoms. The summed E-state index contributed by atoms with van der Waals surface area (Å²) in [7, 11) is 1.51. The number of phenols is 1. The van der Waals surface area contributed by atoms with E-state index in [0.717, 1.165) is 0 Å². The molecule has 1 rings (SSSR count). The summed E-state index contributed by atoms with van der Waals surface area (Å²) in [6.45, 7) is 2.08. The predicted molar refractivity (Wildman–Crippen MR) is 60.3 cm³/mol. The molecule has 0 aliphatic rings. The van der Waals surface area contributed by atoms with E-state index in [1.807, 2.05) is 0 Å². The zero-order valence-corrected chi connectivity index (χ0v) is 9.27. The van der Waals surface area contributed by atoms with Crippen LogP contribution in [0, 0.1) is 0 Å². The molecule has 0 aliphatic heterocycles. The number of ether oxygens (including phenoxy) is 2. The third kappa shape index (κ3) is 3.65. The van der Waals surface area contributed by atoms with Gasteiger partial charge in [-0.2, -0.15) is 0 Å². The van der Waals surface area contributed by atoms with E-state index in [-0.39, 0.29) is 5.75 Å². The van der Waals surface area contributed by atoms with Gasteiger partial charge in [-0.1, -0.05) is 0 Å². The van der Waals surface area contributed by atoms with Crippen LogP contribution in [0.3, 0.4) is 0 Å². The normalized spacial score (nSPS) is 10.4. The van der Waals surface area contributed by atoms with Crippen molar-refractivity contribution in [2.24, 2.45) is 0 Å². The highest BCUT2D eigenvalue weighted by atomic mass is 16.5. The van der Waals surface area contributed by atoms with E-state index in [4.69, 9.17) is 9.47 Å². The molecule has 0 bridgehead atoms. The first-order chi connectivity index (χ1) is 7.65. The number of rotatable bonds is 4. The predicted octanol–water partition coefficient (Wildman–Crippen LogP) is 1.98. The summed E-state index contributed by atoms with van der Waals surface area (Å²) in [5.74, 6) is 0.205. The second-order valence-corrected chi connectivity index (χ2v) is 3.05. The molecule has 0 aromatic heterocycles. The summed E-state index contributed by atoms with van der Waals surface area (Å²) in [4.78, 5) is 11.1. The minimum atomic E-state index is -0.412. The van der Waals surface area contributed by atoms with Crippen LogP contribution in [-0.4, -0.2) is 24.8 Å². The van der Waals surface area contributed by atoms with E-state index in [1.165, 1.54) is 25.3 Å². The third-order valence-corrected chi connectivity index (χ3v) is 1.85. The maximum Gasteiger partial charge on any atom is 0.330 e. The smallest absolute Gasteiger partial charge is 0.330 e. The molecule has 0 fully saturated rings. The Morgan fingerprint density at radius 2 is 2.19 bits per heavy atom. The minimum absolute atomic E-state index is 0.0860. The Balaban J connectivity index is 2.80. The van der Waals surface area contributed by atoms with Crippen LogP contribution in [-0.2, 0) is 9.53 Å². The Hall–Kier alpha value is -1.97. The molecule has 0 radical (unpaired) electrons. The van der Waals surface area contributed by atoms with Crippen molar-refractivity contribution in [3.05, 3.63) is 29.8 Å². The van der Waals surface area contributed by atoms with E-state index in [0.29, 0.717) is 17.9 Å². The monoisotopic (exact) mass is 222 g/mol. The van der Waals surface area contributed by atoms with Crippen LogP contribution in [0.15, 0.2) is 24.3 Å². The van der Waals surface area contributed by atoms with Gasteiger partial charge in [-0.3, -0.25) is 0 Å². The molecule has 1 aromatic carbocycles. The van der Waals surface area contributed by atoms with Crippen molar-refractivity contribution in [1.29, 1.82) is 0 Å². The Bertz CT molecular complexity index is 396. The number of carbonyl (C=O) groups excluding carboxylic acids is 1. The molecule has 0 unspecified atom stereocenters. The van der Waals surface area contributed by atoms with Gasteiger partial charge >= 0.3 is 5.97 Å². The first kappa shape index (κ1) is 12.1. The topological polar surface area (TPSA) is 55.8 Å². The van der Waals surface area contributed by atoms with Gasteiger partial charge in [0.15, 0.2) is 0 Å². The van der Waals surface area contributed by atoms with Crippen LogP contribution in [0.5, 0.6) is 11.5 Å². The van der Waals surface area contributed by atoms with E-state index < -0.39 is 5.97 Å². The number of hydrogen-bond donors (Lipinski definition) is 1. The maximum absolute atomic E-state index is 11.1. The molecule has 0 heterocycles. The van der Waals surface area contributed by atoms with Gasteiger partial charge < -0.3 is 14.6 Å². The van der Waals surface area contributed by atoms with Gasteiger partial charge in [0.25, 0.3) is 0 Å². The van der Waals surface area contributed by atoms with E-state index in [9.17, 15) is 9.90 Å². The van der Waals surface area contributed by atoms with Crippen LogP contribution < -0.4 is 4.74 Å². The number of methoxy groups -OCH3 is 1. The molecule has 86 valence electrons. The van der Waals surface area contributed by atoms with Crippen LogP contribution in [0.1, 0.15) is 12.5 Å². The summed E-state index contributed by atoms with van der Waals surface area (Å²) in [5, 5.41) is 9.36. The molecular formula is C12H14O4. The van der Waals surface area contributed by atoms with Crippen molar-refractivity contribution < 1.29 is 19.4 Å². The molecule has 1 N–H and O–H groups in total. The highest BCUT2D eigenvalue weighted by molar-refractivity contribution is 5.87. The Kier molecular flexibility index (Phi) is 4.39. The van der Waals surface area contributed by atoms with Crippen molar-refractivity contribution >= 4 is 12.0 Å². The number of esters is 1. The second kappa shape index (κ2) is 5.80. The SMILES string of the molecule is CCOC(=O)C=Cc1cc(O)cc(OC)c1. The highest BCUT2D eigenvalue weighted by Gasteiger charge is 1.99. The van der Waals surface area contributed by atoms with E-state index in [2.05, 4.69) is 0 Å². The number of aromatic hydroxyl groups is 1. The van der Waals surface area contributed by atoms with Gasteiger partial charge in [0, 0.05) is 12.1 Å². The Morgan fingerprint density at radius 3 is 2.81 bits per heavy atom. The number of hydrogen-bond acceptors (Lipinski definition) is 4. The van der Waals surface area contributed by atoms with Gasteiger partial charge in [-0.05, 0) is 30.7 Å². The van der Waals surface area contributed by atoms with E-state index in [1.54, 1.807) is 19.1 Å². The average molecular weight is 222 g/mol. The molecule has 16 heavy (non-hydrogen) atoms. The molecule has 4 heteroatoms. The largest absolute Gasteiger partial charge is 0.508 e. The van der Waals surface area contributed by atoms with Crippen LogP contribution in [0.2, 0.25) is 0 Å². The quantitative estimate of drug-likeness (QED) is 0.625. The van der Waals surface area contributed by atoms with Crippen molar-refractivity contribution in [3.8, 4) is 11.5 Å². The van der Waals surface area contributed by atoms with Crippen molar-refractivity contribution in [2.75, 3.05) is 13.7 Å². The van der Waals surface area contributed by atoms with Crippen LogP contribution >= 0.6 is 0 Å². The zero-order chi connectivity index (χ0) is 12.0. The molecule has 0 saturated carbocycles. The van der Waals surface area contributed by atoms with Crippen molar-refractivity contribution in [2.45, 2.75) is 6.92 Å². The van der Waals surface area contributed by atoms with Crippen molar-refractivity contribution in [1.82, 2.24) is 0 Å². The minimum Gasteiger partial charge on any atom is -0.508 e. The summed E-state index contributed by atoms with van der Waals surface area (Å²) >= 11 is 0. The Morgan fingerprint density at radius 1 is 1.44 bits per heavy atom. The summed E-state index contributed by atoms with van der Waals surface area (Å²) < 4.78 is 9.71. The summed E-state index contributed by atoms with van der Waals surface area (Å²) in [5.41, 5.74) is 0.671. The fraction of sp³-hybridized carbons (Fsp3) is 0.250. The lowest BCUT2D eigenvalue weighted by molar-refractivity contribution is -0.137. The van der Waals surface area contributed by atoms with Crippen LogP contribution in [0.25, 0.3) is 6.08 Å². The highest BCUT2D eigenvalue weighted by Crippen LogP contribution is 2.22. The first-order valence-corrected chi connectivity index (χ1v) is 4.88. The zero-order valence-electron chi connectivity index (χ0n) is 9.27. The molecular weight excluding hydrogens is 208 g/mol. The number of phenolic OH excluding ortho intramolecular Hbond substituents is 1. The lowest BCUT2D eigenvalue weighted by Crippen LogP contribution is -1.98. The van der Waals surface area contributed by atoms with Crippen LogP contribution in [0.4, 0.5) is 0 Å². The molecule has 0 saturated heterocycles. The Labute approximate surface area is 94.1 Å². The molecule has 4 nitrogen and oxygen atoms in total. The van der Waals surface area contributed by atoms with E-state index >= 15 is 0 Å². The lowest BCUT2D eigenvalue weighted by atomic mass is 10.2. The third-order valence-electron chi connectivity index (χ3n) is 1.85. The second-order valence-electron chi connectivity index (χ2n) is 3.05. The molecule has 0 aliphatic carbocycles. The molecule has 1 aromatic rings. The summed E-state index contributed by atoms with van der Waals surface area (Å²) in [6.07, 6.45) is 2.86. The van der Waals surface area contributed by atoms with Gasteiger partial charge in [0.05, 0.1) is 13.7 Å². The van der Waals surface area contributed by atoms with Gasteiger partial charge in [-0.15, -0.1) is 0 Å². The standard InChI is InChI=1S/C12H14O4/c1-3-16-12(14)5-4-9-6-10(13)8-11(7-9)15-2/h4-8,13H,3H2,1-2H3. The first-order valence-electron chi connectivity index (χ1n) is 4.88.